The first-order valence-electron chi connectivity index (χ1n) is 9.28. The van der Waals surface area contributed by atoms with Crippen LogP contribution in [0.3, 0.4) is 0 Å². The minimum absolute atomic E-state index is 0.316. The number of rotatable bonds is 6. The van der Waals surface area contributed by atoms with Crippen LogP contribution in [0.4, 0.5) is 0 Å². The van der Waals surface area contributed by atoms with E-state index in [1.807, 2.05) is 61.5 Å². The summed E-state index contributed by atoms with van der Waals surface area (Å²) in [5.74, 6) is 5.44. The van der Waals surface area contributed by atoms with Crippen LogP contribution in [-0.2, 0) is 13.0 Å². The van der Waals surface area contributed by atoms with Gasteiger partial charge in [-0.25, -0.2) is 4.79 Å². The third kappa shape index (κ3) is 5.09. The molecule has 0 aliphatic rings. The quantitative estimate of drug-likeness (QED) is 0.499. The maximum atomic E-state index is 11.7. The number of carbonyl (C=O) groups is 1. The zero-order valence-electron chi connectivity index (χ0n) is 15.9. The highest BCUT2D eigenvalue weighted by Gasteiger charge is 2.15. The van der Waals surface area contributed by atoms with Crippen LogP contribution in [0.25, 0.3) is 0 Å². The second-order valence-corrected chi connectivity index (χ2v) is 6.64. The van der Waals surface area contributed by atoms with Crippen LogP contribution >= 0.6 is 0 Å². The van der Waals surface area contributed by atoms with Crippen LogP contribution < -0.4 is 5.32 Å². The highest BCUT2D eigenvalue weighted by Crippen LogP contribution is 2.22. The van der Waals surface area contributed by atoms with Crippen molar-refractivity contribution in [2.24, 2.45) is 0 Å². The molecule has 0 fully saturated rings. The molecule has 28 heavy (non-hydrogen) atoms. The fourth-order valence-corrected chi connectivity index (χ4v) is 3.12. The normalized spacial score (nSPS) is 10.2. The zero-order chi connectivity index (χ0) is 19.8. The van der Waals surface area contributed by atoms with Crippen molar-refractivity contribution in [3.63, 3.8) is 0 Å². The molecule has 0 spiro atoms. The van der Waals surface area contributed by atoms with Crippen molar-refractivity contribution in [2.45, 2.75) is 19.9 Å². The summed E-state index contributed by atoms with van der Waals surface area (Å²) in [6.07, 6.45) is 0.547. The van der Waals surface area contributed by atoms with Crippen molar-refractivity contribution in [1.82, 2.24) is 5.32 Å². The molecule has 0 saturated heterocycles. The van der Waals surface area contributed by atoms with Gasteiger partial charge < -0.3 is 10.4 Å². The predicted molar refractivity (Wildman–Crippen MR) is 112 cm³/mol. The molecule has 2 N–H and O–H groups in total. The van der Waals surface area contributed by atoms with E-state index < -0.39 is 5.97 Å². The summed E-state index contributed by atoms with van der Waals surface area (Å²) in [7, 11) is 0. The van der Waals surface area contributed by atoms with Gasteiger partial charge in [-0.05, 0) is 41.7 Å². The van der Waals surface area contributed by atoms with Crippen LogP contribution in [0.15, 0.2) is 72.8 Å². The first-order chi connectivity index (χ1) is 13.6. The summed E-state index contributed by atoms with van der Waals surface area (Å²) < 4.78 is 0. The maximum Gasteiger partial charge on any atom is 0.336 e. The Balaban J connectivity index is 1.81. The molecule has 3 aromatic carbocycles. The second kappa shape index (κ2) is 9.55. The summed E-state index contributed by atoms with van der Waals surface area (Å²) >= 11 is 0. The molecule has 0 aliphatic heterocycles. The van der Waals surface area contributed by atoms with E-state index in [9.17, 15) is 9.90 Å². The average molecular weight is 369 g/mol. The molecule has 0 atom stereocenters. The Morgan fingerprint density at radius 2 is 1.57 bits per heavy atom. The Morgan fingerprint density at radius 3 is 2.21 bits per heavy atom. The average Bonchev–Trinajstić information content (AvgIpc) is 2.71. The number of hydrogen-bond acceptors (Lipinski definition) is 2. The van der Waals surface area contributed by atoms with Gasteiger partial charge in [0.2, 0.25) is 0 Å². The molecular formula is C25H23NO2. The highest BCUT2D eigenvalue weighted by molar-refractivity contribution is 5.90. The van der Waals surface area contributed by atoms with Crippen molar-refractivity contribution in [3.8, 4) is 11.8 Å². The van der Waals surface area contributed by atoms with Gasteiger partial charge >= 0.3 is 5.97 Å². The molecule has 0 bridgehead atoms. The van der Waals surface area contributed by atoms with E-state index in [2.05, 4.69) is 29.3 Å². The van der Waals surface area contributed by atoms with Gasteiger partial charge in [-0.1, -0.05) is 78.6 Å². The predicted octanol–water partition coefficient (Wildman–Crippen LogP) is 4.43. The molecular weight excluding hydrogens is 346 g/mol. The van der Waals surface area contributed by atoms with Gasteiger partial charge in [0.15, 0.2) is 0 Å². The van der Waals surface area contributed by atoms with E-state index in [0.717, 1.165) is 28.8 Å². The number of aromatic carboxylic acids is 1. The van der Waals surface area contributed by atoms with Crippen LogP contribution in [0.5, 0.6) is 0 Å². The van der Waals surface area contributed by atoms with E-state index in [-0.39, 0.29) is 0 Å². The SMILES string of the molecule is Cc1ccc(C(=O)O)c(Cc2ccccc2)c1C#CCNCc1ccccc1. The minimum Gasteiger partial charge on any atom is -0.478 e. The Bertz CT molecular complexity index is 999. The molecule has 0 saturated carbocycles. The summed E-state index contributed by atoms with van der Waals surface area (Å²) in [5, 5.41) is 12.9. The summed E-state index contributed by atoms with van der Waals surface area (Å²) in [5.41, 5.74) is 5.17. The second-order valence-electron chi connectivity index (χ2n) is 6.64. The van der Waals surface area contributed by atoms with Gasteiger partial charge in [0.1, 0.15) is 0 Å². The number of aryl methyl sites for hydroxylation is 1. The van der Waals surface area contributed by atoms with Crippen LogP contribution in [-0.4, -0.2) is 17.6 Å². The smallest absolute Gasteiger partial charge is 0.336 e. The third-order valence-electron chi connectivity index (χ3n) is 4.57. The van der Waals surface area contributed by atoms with Crippen LogP contribution in [0.2, 0.25) is 0 Å². The van der Waals surface area contributed by atoms with Gasteiger partial charge in [0.05, 0.1) is 12.1 Å². The lowest BCUT2D eigenvalue weighted by atomic mass is 9.92. The molecule has 0 heterocycles. The van der Waals surface area contributed by atoms with Gasteiger partial charge in [-0.3, -0.25) is 0 Å². The minimum atomic E-state index is -0.920. The first-order valence-corrected chi connectivity index (χ1v) is 9.28. The first kappa shape index (κ1) is 19.4. The lowest BCUT2D eigenvalue weighted by Crippen LogP contribution is -2.13. The highest BCUT2D eigenvalue weighted by atomic mass is 16.4. The van der Waals surface area contributed by atoms with E-state index in [0.29, 0.717) is 18.5 Å². The Morgan fingerprint density at radius 1 is 0.929 bits per heavy atom. The molecule has 3 heteroatoms. The Hall–Kier alpha value is -3.35. The van der Waals surface area contributed by atoms with Crippen molar-refractivity contribution < 1.29 is 9.90 Å². The van der Waals surface area contributed by atoms with Gasteiger partial charge in [0.25, 0.3) is 0 Å². The number of benzene rings is 3. The van der Waals surface area contributed by atoms with Crippen molar-refractivity contribution in [3.05, 3.63) is 106 Å². The molecule has 3 nitrogen and oxygen atoms in total. The number of carboxylic acid groups (broad SMARTS) is 1. The maximum absolute atomic E-state index is 11.7. The largest absolute Gasteiger partial charge is 0.478 e. The fourth-order valence-electron chi connectivity index (χ4n) is 3.12. The Kier molecular flexibility index (Phi) is 6.62. The standard InChI is InChI=1S/C25H23NO2/c1-19-14-15-23(25(27)28)24(17-20-9-4-2-5-10-20)22(19)13-8-16-26-18-21-11-6-3-7-12-21/h2-7,9-12,14-15,26H,16-18H2,1H3,(H,27,28). The molecule has 0 aliphatic carbocycles. The van der Waals surface area contributed by atoms with Crippen LogP contribution in [0.1, 0.15) is 38.2 Å². The summed E-state index contributed by atoms with van der Waals surface area (Å²) in [4.78, 5) is 11.7. The van der Waals surface area contributed by atoms with Crippen LogP contribution in [0, 0.1) is 18.8 Å². The Labute approximate surface area is 166 Å². The van der Waals surface area contributed by atoms with Crippen molar-refractivity contribution >= 4 is 5.97 Å². The van der Waals surface area contributed by atoms with E-state index in [4.69, 9.17) is 0 Å². The van der Waals surface area contributed by atoms with E-state index >= 15 is 0 Å². The molecule has 0 unspecified atom stereocenters. The van der Waals surface area contributed by atoms with Gasteiger partial charge in [-0.15, -0.1) is 0 Å². The number of carboxylic acids is 1. The fraction of sp³-hybridized carbons (Fsp3) is 0.160. The van der Waals surface area contributed by atoms with Crippen molar-refractivity contribution in [2.75, 3.05) is 6.54 Å². The molecule has 3 aromatic rings. The molecule has 3 rings (SSSR count). The zero-order valence-corrected chi connectivity index (χ0v) is 15.9. The number of hydrogen-bond donors (Lipinski definition) is 2. The van der Waals surface area contributed by atoms with Crippen molar-refractivity contribution in [1.29, 1.82) is 0 Å². The summed E-state index contributed by atoms with van der Waals surface area (Å²) in [6.45, 7) is 3.26. The molecule has 0 radical (unpaired) electrons. The molecule has 0 amide bonds. The molecule has 140 valence electrons. The monoisotopic (exact) mass is 369 g/mol. The number of nitrogens with one attached hydrogen (secondary N) is 1. The molecule has 0 aromatic heterocycles. The summed E-state index contributed by atoms with van der Waals surface area (Å²) in [6, 6.07) is 23.6. The lowest BCUT2D eigenvalue weighted by molar-refractivity contribution is 0.0696. The topological polar surface area (TPSA) is 49.3 Å². The third-order valence-corrected chi connectivity index (χ3v) is 4.57. The van der Waals surface area contributed by atoms with Gasteiger partial charge in [-0.2, -0.15) is 0 Å². The lowest BCUT2D eigenvalue weighted by Gasteiger charge is -2.12. The van der Waals surface area contributed by atoms with E-state index in [1.54, 1.807) is 6.07 Å². The van der Waals surface area contributed by atoms with Gasteiger partial charge in [0, 0.05) is 12.1 Å². The van der Waals surface area contributed by atoms with E-state index in [1.165, 1.54) is 5.56 Å².